The molecule has 138 valence electrons. The SMILES string of the molecule is CC(=O)[C@H]1CC[C@H]2[C@@H]3CCC4C(=N)C(=O)CC(O)[C@]4(C)[C@H]3CC[C@]12C. The summed E-state index contributed by atoms with van der Waals surface area (Å²) in [5.41, 5.74) is 0.0236. The van der Waals surface area contributed by atoms with Gasteiger partial charge in [-0.1, -0.05) is 13.8 Å². The smallest absolute Gasteiger partial charge is 0.179 e. The number of carbonyl (C=O) groups is 2. The Kier molecular flexibility index (Phi) is 3.81. The van der Waals surface area contributed by atoms with E-state index in [1.54, 1.807) is 6.92 Å². The van der Waals surface area contributed by atoms with E-state index >= 15 is 0 Å². The van der Waals surface area contributed by atoms with Gasteiger partial charge in [0.1, 0.15) is 5.78 Å². The van der Waals surface area contributed by atoms with Crippen LogP contribution in [0.1, 0.15) is 65.7 Å². The monoisotopic (exact) mass is 345 g/mol. The standard InChI is InChI=1S/C21H31NO3/c1-11(23)13-6-7-14-12-4-5-16-19(22)17(24)10-18(25)21(16,3)15(12)8-9-20(13,14)2/h12-16,18,22,25H,4-10H2,1-3H3/t12-,13+,14-,15-,16?,18?,20+,21+/m0/s1. The molecule has 2 N–H and O–H groups in total. The van der Waals surface area contributed by atoms with E-state index in [1.807, 2.05) is 0 Å². The molecule has 4 rings (SSSR count). The Morgan fingerprint density at radius 2 is 1.84 bits per heavy atom. The molecule has 0 aromatic heterocycles. The van der Waals surface area contributed by atoms with Crippen molar-refractivity contribution in [3.8, 4) is 0 Å². The highest BCUT2D eigenvalue weighted by atomic mass is 16.3. The minimum atomic E-state index is -0.624. The average molecular weight is 345 g/mol. The van der Waals surface area contributed by atoms with E-state index < -0.39 is 6.10 Å². The van der Waals surface area contributed by atoms with Crippen molar-refractivity contribution < 1.29 is 14.7 Å². The van der Waals surface area contributed by atoms with Crippen LogP contribution in [-0.4, -0.2) is 28.5 Å². The molecular formula is C21H31NO3. The predicted molar refractivity (Wildman–Crippen MR) is 95.4 cm³/mol. The Labute approximate surface area is 150 Å². The van der Waals surface area contributed by atoms with E-state index in [2.05, 4.69) is 13.8 Å². The highest BCUT2D eigenvalue weighted by molar-refractivity contribution is 6.40. The van der Waals surface area contributed by atoms with Gasteiger partial charge >= 0.3 is 0 Å². The summed E-state index contributed by atoms with van der Waals surface area (Å²) in [6.45, 7) is 6.21. The molecule has 0 radical (unpaired) electrons. The van der Waals surface area contributed by atoms with Crippen molar-refractivity contribution in [3.05, 3.63) is 0 Å². The Balaban J connectivity index is 1.69. The molecule has 0 aliphatic heterocycles. The number of Topliss-reactive ketones (excluding diaryl/α,β-unsaturated/α-hetero) is 2. The zero-order chi connectivity index (χ0) is 18.1. The number of nitrogens with one attached hydrogen (secondary N) is 1. The molecule has 0 amide bonds. The van der Waals surface area contributed by atoms with Crippen molar-refractivity contribution in [2.75, 3.05) is 0 Å². The maximum Gasteiger partial charge on any atom is 0.179 e. The van der Waals surface area contributed by atoms with Crippen LogP contribution in [0.4, 0.5) is 0 Å². The largest absolute Gasteiger partial charge is 0.392 e. The minimum absolute atomic E-state index is 0.0839. The maximum absolute atomic E-state index is 12.2. The average Bonchev–Trinajstić information content (AvgIpc) is 2.90. The van der Waals surface area contributed by atoms with Crippen LogP contribution in [0.3, 0.4) is 0 Å². The second-order valence-corrected chi connectivity index (χ2v) is 9.71. The predicted octanol–water partition coefficient (Wildman–Crippen LogP) is 3.40. The fourth-order valence-electron chi connectivity index (χ4n) is 7.69. The van der Waals surface area contributed by atoms with Crippen LogP contribution in [0.15, 0.2) is 0 Å². The second-order valence-electron chi connectivity index (χ2n) is 9.71. The first-order valence-electron chi connectivity index (χ1n) is 10.0. The molecule has 4 saturated carbocycles. The third-order valence-electron chi connectivity index (χ3n) is 9.01. The third-order valence-corrected chi connectivity index (χ3v) is 9.01. The summed E-state index contributed by atoms with van der Waals surface area (Å²) in [7, 11) is 0. The minimum Gasteiger partial charge on any atom is -0.392 e. The molecule has 0 bridgehead atoms. The number of fused-ring (bicyclic) bond motifs is 5. The van der Waals surface area contributed by atoms with Gasteiger partial charge in [-0.3, -0.25) is 9.59 Å². The van der Waals surface area contributed by atoms with Crippen LogP contribution in [-0.2, 0) is 9.59 Å². The number of hydrogen-bond donors (Lipinski definition) is 2. The van der Waals surface area contributed by atoms with Crippen LogP contribution in [0.5, 0.6) is 0 Å². The van der Waals surface area contributed by atoms with Crippen LogP contribution >= 0.6 is 0 Å². The van der Waals surface area contributed by atoms with E-state index in [4.69, 9.17) is 5.41 Å². The molecule has 4 aliphatic rings. The maximum atomic E-state index is 12.2. The van der Waals surface area contributed by atoms with Gasteiger partial charge in [-0.25, -0.2) is 0 Å². The fourth-order valence-corrected chi connectivity index (χ4v) is 7.69. The third kappa shape index (κ3) is 2.12. The number of ketones is 2. The molecule has 0 aromatic carbocycles. The Bertz CT molecular complexity index is 643. The van der Waals surface area contributed by atoms with E-state index in [1.165, 1.54) is 0 Å². The van der Waals surface area contributed by atoms with Gasteiger partial charge in [-0.2, -0.15) is 0 Å². The quantitative estimate of drug-likeness (QED) is 0.764. The van der Waals surface area contributed by atoms with Gasteiger partial charge in [0, 0.05) is 23.7 Å². The van der Waals surface area contributed by atoms with Gasteiger partial charge in [-0.15, -0.1) is 0 Å². The fraction of sp³-hybridized carbons (Fsp3) is 0.857. The lowest BCUT2D eigenvalue weighted by Gasteiger charge is -2.61. The highest BCUT2D eigenvalue weighted by Gasteiger charge is 2.63. The van der Waals surface area contributed by atoms with E-state index in [9.17, 15) is 14.7 Å². The van der Waals surface area contributed by atoms with Gasteiger partial charge < -0.3 is 10.5 Å². The number of aliphatic hydroxyl groups excluding tert-OH is 1. The molecule has 0 spiro atoms. The topological polar surface area (TPSA) is 78.2 Å². The van der Waals surface area contributed by atoms with Crippen molar-refractivity contribution >= 4 is 17.3 Å². The number of aliphatic hydroxyl groups is 1. The van der Waals surface area contributed by atoms with Crippen LogP contribution in [0, 0.1) is 45.8 Å². The zero-order valence-corrected chi connectivity index (χ0v) is 15.7. The summed E-state index contributed by atoms with van der Waals surface area (Å²) in [6.07, 6.45) is 5.57. The lowest BCUT2D eigenvalue weighted by atomic mass is 9.43. The van der Waals surface area contributed by atoms with E-state index in [0.29, 0.717) is 23.5 Å². The molecule has 4 heteroatoms. The first-order chi connectivity index (χ1) is 11.7. The molecule has 0 heterocycles. The van der Waals surface area contributed by atoms with Gasteiger partial charge in [0.15, 0.2) is 5.78 Å². The van der Waals surface area contributed by atoms with Crippen molar-refractivity contribution in [3.63, 3.8) is 0 Å². The summed E-state index contributed by atoms with van der Waals surface area (Å²) >= 11 is 0. The number of carbonyl (C=O) groups excluding carboxylic acids is 2. The molecule has 0 saturated heterocycles. The van der Waals surface area contributed by atoms with Crippen molar-refractivity contribution in [2.24, 2.45) is 40.4 Å². The number of rotatable bonds is 1. The first kappa shape index (κ1) is 17.4. The van der Waals surface area contributed by atoms with Gasteiger partial charge in [0.2, 0.25) is 0 Å². The van der Waals surface area contributed by atoms with Gasteiger partial charge in [0.25, 0.3) is 0 Å². The molecule has 4 fully saturated rings. The Hall–Kier alpha value is -1.03. The number of hydrogen-bond acceptors (Lipinski definition) is 4. The summed E-state index contributed by atoms with van der Waals surface area (Å²) in [4.78, 5) is 24.3. The lowest BCUT2D eigenvalue weighted by Crippen LogP contribution is -2.61. The van der Waals surface area contributed by atoms with E-state index in [0.717, 1.165) is 38.5 Å². The Morgan fingerprint density at radius 3 is 2.52 bits per heavy atom. The molecule has 8 atom stereocenters. The summed E-state index contributed by atoms with van der Waals surface area (Å²) in [5, 5.41) is 19.2. The zero-order valence-electron chi connectivity index (χ0n) is 15.7. The van der Waals surface area contributed by atoms with Crippen LogP contribution in [0.2, 0.25) is 0 Å². The highest BCUT2D eigenvalue weighted by Crippen LogP contribution is 2.66. The summed E-state index contributed by atoms with van der Waals surface area (Å²) in [5.74, 6) is 1.75. The van der Waals surface area contributed by atoms with Crippen molar-refractivity contribution in [2.45, 2.75) is 71.8 Å². The Morgan fingerprint density at radius 1 is 1.12 bits per heavy atom. The first-order valence-corrected chi connectivity index (χ1v) is 10.0. The molecule has 25 heavy (non-hydrogen) atoms. The van der Waals surface area contributed by atoms with Crippen LogP contribution in [0.25, 0.3) is 0 Å². The molecule has 4 aliphatic carbocycles. The van der Waals surface area contributed by atoms with Crippen molar-refractivity contribution in [1.29, 1.82) is 5.41 Å². The van der Waals surface area contributed by atoms with E-state index in [-0.39, 0.29) is 40.6 Å². The normalized spacial score (nSPS) is 52.3. The molecule has 4 nitrogen and oxygen atoms in total. The second kappa shape index (κ2) is 5.48. The summed E-state index contributed by atoms with van der Waals surface area (Å²) in [6, 6.07) is 0. The molecule has 2 unspecified atom stereocenters. The molecule has 0 aromatic rings. The van der Waals surface area contributed by atoms with Crippen molar-refractivity contribution in [1.82, 2.24) is 0 Å². The van der Waals surface area contributed by atoms with Gasteiger partial charge in [0.05, 0.1) is 11.8 Å². The lowest BCUT2D eigenvalue weighted by molar-refractivity contribution is -0.152. The summed E-state index contributed by atoms with van der Waals surface area (Å²) < 4.78 is 0. The van der Waals surface area contributed by atoms with Gasteiger partial charge in [-0.05, 0) is 68.6 Å². The molecular weight excluding hydrogens is 314 g/mol. The van der Waals surface area contributed by atoms with Crippen LogP contribution < -0.4 is 0 Å².